The number of morpholine rings is 1. The van der Waals surface area contributed by atoms with Crippen molar-refractivity contribution in [1.29, 1.82) is 0 Å². The van der Waals surface area contributed by atoms with Crippen molar-refractivity contribution in [2.24, 2.45) is 0 Å². The van der Waals surface area contributed by atoms with E-state index >= 15 is 0 Å². The summed E-state index contributed by atoms with van der Waals surface area (Å²) in [5.41, 5.74) is 0.873. The molecule has 130 valence electrons. The minimum Gasteiger partial charge on any atom is -0.356 e. The molecule has 3 rings (SSSR count). The number of carbonyl (C=O) groups excluding carboxylic acids is 2. The van der Waals surface area contributed by atoms with E-state index in [1.165, 1.54) is 0 Å². The zero-order valence-electron chi connectivity index (χ0n) is 13.6. The molecule has 0 radical (unpaired) electrons. The fourth-order valence-corrected chi connectivity index (χ4v) is 4.50. The number of benzene rings is 1. The second kappa shape index (κ2) is 7.44. The molecule has 6 nitrogen and oxygen atoms in total. The van der Waals surface area contributed by atoms with E-state index in [1.807, 2.05) is 30.3 Å². The molecule has 2 atom stereocenters. The van der Waals surface area contributed by atoms with Gasteiger partial charge in [-0.05, 0) is 18.4 Å². The molecule has 2 aliphatic heterocycles. The first kappa shape index (κ1) is 17.1. The third-order valence-electron chi connectivity index (χ3n) is 4.62. The Hall–Kier alpha value is -1.73. The average Bonchev–Trinajstić information content (AvgIpc) is 2.60. The minimum absolute atomic E-state index is 0.0261. The quantitative estimate of drug-likeness (QED) is 0.867. The maximum absolute atomic E-state index is 12.7. The molecule has 0 saturated carbocycles. The van der Waals surface area contributed by atoms with Gasteiger partial charge in [0.05, 0.1) is 6.04 Å². The molecule has 0 aromatic heterocycles. The van der Waals surface area contributed by atoms with Gasteiger partial charge in [-0.25, -0.2) is 0 Å². The summed E-state index contributed by atoms with van der Waals surface area (Å²) in [5.74, 6) is 0.898. The predicted octanol–water partition coefficient (Wildman–Crippen LogP) is 0.612. The van der Waals surface area contributed by atoms with Crippen molar-refractivity contribution in [1.82, 2.24) is 10.2 Å². The smallest absolute Gasteiger partial charge is 0.251 e. The summed E-state index contributed by atoms with van der Waals surface area (Å²) >= 11 is 0. The number of amides is 2. The second-order valence-corrected chi connectivity index (χ2v) is 7.92. The van der Waals surface area contributed by atoms with E-state index in [4.69, 9.17) is 4.74 Å². The summed E-state index contributed by atoms with van der Waals surface area (Å²) in [6.45, 7) is -0.0907. The molecule has 2 saturated heterocycles. The van der Waals surface area contributed by atoms with Gasteiger partial charge in [-0.15, -0.1) is 0 Å². The number of carbonyl (C=O) groups is 2. The topological polar surface area (TPSA) is 75.7 Å². The molecule has 2 aliphatic rings. The summed E-state index contributed by atoms with van der Waals surface area (Å²) in [5, 5.41) is 3.01. The molecule has 0 aliphatic carbocycles. The Morgan fingerprint density at radius 2 is 1.92 bits per heavy atom. The molecule has 1 aromatic rings. The van der Waals surface area contributed by atoms with Crippen molar-refractivity contribution in [3.05, 3.63) is 35.9 Å². The van der Waals surface area contributed by atoms with Crippen LogP contribution >= 0.6 is 0 Å². The van der Waals surface area contributed by atoms with E-state index in [1.54, 1.807) is 11.9 Å². The largest absolute Gasteiger partial charge is 0.356 e. The van der Waals surface area contributed by atoms with Crippen LogP contribution in [0.2, 0.25) is 0 Å². The van der Waals surface area contributed by atoms with Crippen LogP contribution in [0.1, 0.15) is 24.4 Å². The second-order valence-electron chi connectivity index (χ2n) is 6.22. The Balaban J connectivity index is 1.75. The Labute approximate surface area is 144 Å². The van der Waals surface area contributed by atoms with Gasteiger partial charge in [0, 0.05) is 35.4 Å². The van der Waals surface area contributed by atoms with E-state index in [0.717, 1.165) is 18.4 Å². The number of rotatable bonds is 3. The van der Waals surface area contributed by atoms with Crippen LogP contribution in [-0.4, -0.2) is 58.2 Å². The van der Waals surface area contributed by atoms with Crippen LogP contribution < -0.4 is 5.32 Å². The van der Waals surface area contributed by atoms with Gasteiger partial charge in [0.25, 0.3) is 5.91 Å². The first-order valence-electron chi connectivity index (χ1n) is 8.14. The maximum atomic E-state index is 12.7. The van der Waals surface area contributed by atoms with Crippen LogP contribution in [0.25, 0.3) is 0 Å². The van der Waals surface area contributed by atoms with Crippen molar-refractivity contribution in [2.45, 2.75) is 31.0 Å². The third-order valence-corrected chi connectivity index (χ3v) is 6.00. The number of likely N-dealkylation sites (N-methyl/N-ethyl adjacent to an activating group) is 1. The normalized spacial score (nSPS) is 30.9. The lowest BCUT2D eigenvalue weighted by Crippen LogP contribution is -2.55. The van der Waals surface area contributed by atoms with E-state index < -0.39 is 22.9 Å². The number of ether oxygens (including phenoxy) is 1. The average molecular weight is 350 g/mol. The number of hydrogen-bond donors (Lipinski definition) is 1. The summed E-state index contributed by atoms with van der Waals surface area (Å²) < 4.78 is 17.0. The third kappa shape index (κ3) is 3.67. The van der Waals surface area contributed by atoms with E-state index in [2.05, 4.69) is 5.32 Å². The monoisotopic (exact) mass is 350 g/mol. The maximum Gasteiger partial charge on any atom is 0.251 e. The van der Waals surface area contributed by atoms with Gasteiger partial charge in [-0.3, -0.25) is 13.8 Å². The van der Waals surface area contributed by atoms with Gasteiger partial charge >= 0.3 is 0 Å². The van der Waals surface area contributed by atoms with Gasteiger partial charge in [-0.1, -0.05) is 30.3 Å². The minimum atomic E-state index is -0.763. The van der Waals surface area contributed by atoms with Crippen LogP contribution in [-0.2, 0) is 25.1 Å². The van der Waals surface area contributed by atoms with Crippen molar-refractivity contribution in [3.8, 4) is 0 Å². The highest BCUT2D eigenvalue weighted by Gasteiger charge is 2.40. The van der Waals surface area contributed by atoms with Gasteiger partial charge < -0.3 is 15.0 Å². The van der Waals surface area contributed by atoms with Crippen molar-refractivity contribution in [2.75, 3.05) is 25.2 Å². The molecule has 0 bridgehead atoms. The molecule has 0 spiro atoms. The van der Waals surface area contributed by atoms with Gasteiger partial charge in [0.15, 0.2) is 6.10 Å². The summed E-state index contributed by atoms with van der Waals surface area (Å²) in [6.07, 6.45) is 0.702. The first-order valence-corrected chi connectivity index (χ1v) is 9.62. The summed E-state index contributed by atoms with van der Waals surface area (Å²) in [4.78, 5) is 26.3. The van der Waals surface area contributed by atoms with E-state index in [0.29, 0.717) is 11.5 Å². The van der Waals surface area contributed by atoms with E-state index in [-0.39, 0.29) is 24.5 Å². The van der Waals surface area contributed by atoms with Crippen LogP contribution in [0, 0.1) is 0 Å². The zero-order valence-corrected chi connectivity index (χ0v) is 14.5. The van der Waals surface area contributed by atoms with Gasteiger partial charge in [0.1, 0.15) is 6.61 Å². The summed E-state index contributed by atoms with van der Waals surface area (Å²) in [7, 11) is 0.938. The Bertz CT molecular complexity index is 627. The number of hydrogen-bond acceptors (Lipinski definition) is 4. The highest BCUT2D eigenvalue weighted by Crippen LogP contribution is 2.29. The Kier molecular flexibility index (Phi) is 5.30. The Morgan fingerprint density at radius 3 is 2.58 bits per heavy atom. The molecular formula is C17H22N2O4S. The summed E-state index contributed by atoms with van der Waals surface area (Å²) in [6, 6.07) is 9.04. The lowest BCUT2D eigenvalue weighted by Gasteiger charge is -2.39. The molecule has 2 unspecified atom stereocenters. The van der Waals surface area contributed by atoms with Crippen LogP contribution in [0.5, 0.6) is 0 Å². The molecule has 2 heterocycles. The van der Waals surface area contributed by atoms with Crippen LogP contribution in [0.3, 0.4) is 0 Å². The molecule has 2 fully saturated rings. The lowest BCUT2D eigenvalue weighted by molar-refractivity contribution is -0.162. The highest BCUT2D eigenvalue weighted by atomic mass is 32.2. The van der Waals surface area contributed by atoms with Gasteiger partial charge in [0.2, 0.25) is 5.91 Å². The molecule has 7 heteroatoms. The van der Waals surface area contributed by atoms with Crippen molar-refractivity contribution < 1.29 is 18.5 Å². The zero-order chi connectivity index (χ0) is 17.1. The number of nitrogens with zero attached hydrogens (tertiary/aromatic N) is 1. The lowest BCUT2D eigenvalue weighted by atomic mass is 9.97. The Morgan fingerprint density at radius 1 is 1.25 bits per heavy atom. The van der Waals surface area contributed by atoms with Crippen molar-refractivity contribution >= 4 is 22.6 Å². The fourth-order valence-electron chi connectivity index (χ4n) is 3.20. The predicted molar refractivity (Wildman–Crippen MR) is 90.7 cm³/mol. The molecule has 1 N–H and O–H groups in total. The van der Waals surface area contributed by atoms with Crippen molar-refractivity contribution in [3.63, 3.8) is 0 Å². The number of nitrogens with one attached hydrogen (secondary N) is 1. The first-order chi connectivity index (χ1) is 11.6. The molecule has 24 heavy (non-hydrogen) atoms. The SMILES string of the molecule is CN1C(=O)COC(C(=O)NC2CCS(=O)CC2)C1c1ccccc1. The van der Waals surface area contributed by atoms with Crippen LogP contribution in [0.4, 0.5) is 0 Å². The molecule has 1 aromatic carbocycles. The van der Waals surface area contributed by atoms with Crippen LogP contribution in [0.15, 0.2) is 30.3 Å². The van der Waals surface area contributed by atoms with Gasteiger partial charge in [-0.2, -0.15) is 0 Å². The van der Waals surface area contributed by atoms with E-state index in [9.17, 15) is 13.8 Å². The molecular weight excluding hydrogens is 328 g/mol. The highest BCUT2D eigenvalue weighted by molar-refractivity contribution is 7.85. The fraction of sp³-hybridized carbons (Fsp3) is 0.529. The standard InChI is InChI=1S/C17H22N2O4S/c1-19-14(20)11-23-16(15(19)12-5-3-2-4-6-12)17(21)18-13-7-9-24(22)10-8-13/h2-6,13,15-16H,7-11H2,1H3,(H,18,21). The molecule has 2 amide bonds.